The summed E-state index contributed by atoms with van der Waals surface area (Å²) in [6, 6.07) is 109. The van der Waals surface area contributed by atoms with Gasteiger partial charge in [-0.15, -0.1) is 0 Å². The molecular formula is C92H64. The smallest absolute Gasteiger partial charge is 0.00264 e. The SMILES string of the molecule is C1=CCC=C1.C1=CCC=C1.C1=Cc2cccc3cccc1c23.c1cc2ccc3cccc4ccc(c1)c2c34.c1cc2cccc3c4cccc5cccc(c(c1)c23)c54.c1cc2cccc3c4cccc5cccc(c(c1)c23)c54.c1ccc2cc3ccccc3cc2c1. The maximum Gasteiger partial charge on any atom is -0.00264 e. The molecule has 3 aliphatic carbocycles. The number of fused-ring (bicyclic) bond motifs is 6. The van der Waals surface area contributed by atoms with Crippen LogP contribution < -0.4 is 0 Å². The van der Waals surface area contributed by atoms with Crippen molar-refractivity contribution in [1.29, 1.82) is 0 Å². The van der Waals surface area contributed by atoms with E-state index in [1.165, 1.54) is 162 Å². The van der Waals surface area contributed by atoms with Crippen LogP contribution in [0.1, 0.15) is 24.0 Å². The summed E-state index contributed by atoms with van der Waals surface area (Å²) in [5.41, 5.74) is 2.70. The van der Waals surface area contributed by atoms with Crippen LogP contribution in [-0.4, -0.2) is 0 Å². The highest BCUT2D eigenvalue weighted by Crippen LogP contribution is 2.42. The third-order valence-electron chi connectivity index (χ3n) is 18.5. The van der Waals surface area contributed by atoms with E-state index in [1.807, 2.05) is 0 Å². The summed E-state index contributed by atoms with van der Waals surface area (Å²) < 4.78 is 0. The van der Waals surface area contributed by atoms with Gasteiger partial charge in [0.2, 0.25) is 0 Å². The lowest BCUT2D eigenvalue weighted by Gasteiger charge is -2.13. The summed E-state index contributed by atoms with van der Waals surface area (Å²) in [6.07, 6.45) is 23.4. The van der Waals surface area contributed by atoms with Gasteiger partial charge in [-0.05, 0) is 187 Å². The molecule has 0 spiro atoms. The van der Waals surface area contributed by atoms with Gasteiger partial charge in [-0.1, -0.05) is 352 Å². The third kappa shape index (κ3) is 10.5. The average molecular weight is 1170 g/mol. The van der Waals surface area contributed by atoms with Crippen LogP contribution in [0.5, 0.6) is 0 Å². The molecule has 0 heteroatoms. The molecule has 0 aliphatic heterocycles. The molecule has 0 nitrogen and oxygen atoms in total. The molecule has 0 amide bonds. The van der Waals surface area contributed by atoms with Gasteiger partial charge < -0.3 is 0 Å². The fourth-order valence-electron chi connectivity index (χ4n) is 14.4. The fourth-order valence-corrected chi connectivity index (χ4v) is 14.4. The lowest BCUT2D eigenvalue weighted by atomic mass is 9.90. The van der Waals surface area contributed by atoms with E-state index in [0.717, 1.165) is 12.8 Å². The maximum atomic E-state index is 2.25. The van der Waals surface area contributed by atoms with Crippen molar-refractivity contribution < 1.29 is 0 Å². The molecule has 0 heterocycles. The minimum absolute atomic E-state index is 1.14. The first-order valence-corrected chi connectivity index (χ1v) is 32.1. The Morgan fingerprint density at radius 2 is 0.348 bits per heavy atom. The van der Waals surface area contributed by atoms with Crippen LogP contribution in [0.3, 0.4) is 0 Å². The molecule has 3 aliphatic rings. The molecule has 432 valence electrons. The van der Waals surface area contributed by atoms with Gasteiger partial charge in [-0.2, -0.15) is 0 Å². The van der Waals surface area contributed by atoms with Crippen LogP contribution in [0.25, 0.3) is 163 Å². The highest BCUT2D eigenvalue weighted by Gasteiger charge is 2.14. The molecule has 0 bridgehead atoms. The van der Waals surface area contributed by atoms with Crippen LogP contribution in [0, 0.1) is 0 Å². The fraction of sp³-hybridized carbons (Fsp3) is 0.0217. The van der Waals surface area contributed by atoms with Crippen molar-refractivity contribution in [2.75, 3.05) is 0 Å². The van der Waals surface area contributed by atoms with Crippen molar-refractivity contribution in [2.45, 2.75) is 12.8 Å². The van der Waals surface area contributed by atoms with Crippen molar-refractivity contribution in [1.82, 2.24) is 0 Å². The number of hydrogen-bond donors (Lipinski definition) is 0. The zero-order valence-electron chi connectivity index (χ0n) is 51.1. The third-order valence-corrected chi connectivity index (χ3v) is 18.5. The molecule has 0 radical (unpaired) electrons. The molecule has 92 heavy (non-hydrogen) atoms. The van der Waals surface area contributed by atoms with E-state index in [1.54, 1.807) is 0 Å². The van der Waals surface area contributed by atoms with Gasteiger partial charge in [0.25, 0.3) is 0 Å². The monoisotopic (exact) mass is 1170 g/mol. The summed E-state index contributed by atoms with van der Waals surface area (Å²) in [5, 5.41) is 37.9. The Bertz CT molecular complexity index is 5230. The van der Waals surface area contributed by atoms with Gasteiger partial charge in [0.1, 0.15) is 0 Å². The molecule has 0 N–H and O–H groups in total. The molecule has 0 saturated carbocycles. The van der Waals surface area contributed by atoms with E-state index in [2.05, 4.69) is 364 Å². The predicted octanol–water partition coefficient (Wildman–Crippen LogP) is 26.4. The molecule has 19 aromatic carbocycles. The number of rotatable bonds is 0. The zero-order chi connectivity index (χ0) is 61.2. The summed E-state index contributed by atoms with van der Waals surface area (Å²) >= 11 is 0. The van der Waals surface area contributed by atoms with Crippen molar-refractivity contribution in [3.05, 3.63) is 363 Å². The van der Waals surface area contributed by atoms with Crippen LogP contribution in [-0.2, 0) is 0 Å². The topological polar surface area (TPSA) is 0 Å². The minimum atomic E-state index is 1.14. The van der Waals surface area contributed by atoms with E-state index in [0.29, 0.717) is 0 Å². The number of allylic oxidation sites excluding steroid dienone is 8. The lowest BCUT2D eigenvalue weighted by molar-refractivity contribution is 1.45. The Balaban J connectivity index is 0.0000000889. The Morgan fingerprint density at radius 3 is 0.576 bits per heavy atom. The van der Waals surface area contributed by atoms with Crippen molar-refractivity contribution in [3.8, 4) is 0 Å². The Labute approximate surface area is 535 Å². The van der Waals surface area contributed by atoms with Gasteiger partial charge in [-0.3, -0.25) is 0 Å². The predicted molar refractivity (Wildman–Crippen MR) is 406 cm³/mol. The van der Waals surface area contributed by atoms with Gasteiger partial charge in [-0.25, -0.2) is 0 Å². The van der Waals surface area contributed by atoms with Gasteiger partial charge >= 0.3 is 0 Å². The van der Waals surface area contributed by atoms with E-state index in [9.17, 15) is 0 Å². The molecule has 0 unspecified atom stereocenters. The average Bonchev–Trinajstić information content (AvgIpc) is 0.937. The first kappa shape index (κ1) is 55.6. The van der Waals surface area contributed by atoms with Crippen molar-refractivity contribution in [3.63, 3.8) is 0 Å². The van der Waals surface area contributed by atoms with E-state index >= 15 is 0 Å². The second kappa shape index (κ2) is 24.7. The molecule has 19 aromatic rings. The molecule has 0 saturated heterocycles. The molecule has 0 atom stereocenters. The summed E-state index contributed by atoms with van der Waals surface area (Å²) in [4.78, 5) is 0. The lowest BCUT2D eigenvalue weighted by Crippen LogP contribution is -1.85. The molecule has 0 aromatic heterocycles. The first-order chi connectivity index (χ1) is 45.7. The molecular weight excluding hydrogens is 1110 g/mol. The second-order valence-corrected chi connectivity index (χ2v) is 24.0. The van der Waals surface area contributed by atoms with Crippen LogP contribution in [0.15, 0.2) is 352 Å². The Morgan fingerprint density at radius 1 is 0.152 bits per heavy atom. The quantitative estimate of drug-likeness (QED) is 0.105. The highest BCUT2D eigenvalue weighted by molar-refractivity contribution is 6.34. The molecule has 22 rings (SSSR count). The summed E-state index contributed by atoms with van der Waals surface area (Å²) in [7, 11) is 0. The summed E-state index contributed by atoms with van der Waals surface area (Å²) in [5.74, 6) is 0. The Kier molecular flexibility index (Phi) is 14.9. The first-order valence-electron chi connectivity index (χ1n) is 32.1. The van der Waals surface area contributed by atoms with Gasteiger partial charge in [0.05, 0.1) is 0 Å². The largest absolute Gasteiger partial charge is 0.0808 e. The van der Waals surface area contributed by atoms with Gasteiger partial charge in [0, 0.05) is 0 Å². The van der Waals surface area contributed by atoms with Crippen LogP contribution >= 0.6 is 0 Å². The normalized spacial score (nSPS) is 12.5. The standard InChI is InChI=1S/2C20H12.C16H10.C14H10.C12H8.2C5H6/c2*1-5-13-6-2-11-17-18-12-4-8-14-7-3-10-16(20(14)18)15(9-1)19(13)17;1-3-11-7-9-13-5-2-6-14-10-8-12(4-1)15(11)16(13)14;1-2-6-12-10-14-8-4-3-7-13(14)9-11(12)5-1;1-3-9-4-2-6-11-8-7-10(5-1)12(9)11;2*1-2-4-5-3-1/h2*1-12H;1-10H;1-10H;1-8H;2*1-4H,5H2. The molecule has 0 fully saturated rings. The van der Waals surface area contributed by atoms with Crippen LogP contribution in [0.2, 0.25) is 0 Å². The van der Waals surface area contributed by atoms with Crippen molar-refractivity contribution >= 4 is 163 Å². The van der Waals surface area contributed by atoms with Crippen LogP contribution in [0.4, 0.5) is 0 Å². The summed E-state index contributed by atoms with van der Waals surface area (Å²) in [6.45, 7) is 0. The van der Waals surface area contributed by atoms with Gasteiger partial charge in [0.15, 0.2) is 0 Å². The highest BCUT2D eigenvalue weighted by atomic mass is 14.2. The van der Waals surface area contributed by atoms with E-state index < -0.39 is 0 Å². The second-order valence-electron chi connectivity index (χ2n) is 24.0. The van der Waals surface area contributed by atoms with E-state index in [-0.39, 0.29) is 0 Å². The van der Waals surface area contributed by atoms with E-state index in [4.69, 9.17) is 0 Å². The maximum absolute atomic E-state index is 2.25. The van der Waals surface area contributed by atoms with Crippen molar-refractivity contribution in [2.24, 2.45) is 0 Å². The Hall–Kier alpha value is -11.7. The minimum Gasteiger partial charge on any atom is -0.0808 e. The number of benzene rings is 19. The zero-order valence-corrected chi connectivity index (χ0v) is 51.1. The number of hydrogen-bond acceptors (Lipinski definition) is 0.